The number of nitrogen functional groups attached to an aromatic ring is 1. The van der Waals surface area contributed by atoms with Crippen LogP contribution in [-0.2, 0) is 6.61 Å². The first-order chi connectivity index (χ1) is 9.26. The first-order valence-corrected chi connectivity index (χ1v) is 6.82. The van der Waals surface area contributed by atoms with Crippen molar-refractivity contribution in [3.05, 3.63) is 47.9 Å². The van der Waals surface area contributed by atoms with Crippen LogP contribution in [-0.4, -0.2) is 12.2 Å². The summed E-state index contributed by atoms with van der Waals surface area (Å²) in [6.07, 6.45) is 3.41. The van der Waals surface area contributed by atoms with Gasteiger partial charge in [-0.05, 0) is 24.5 Å². The molecule has 1 aromatic heterocycles. The molecule has 0 spiro atoms. The molecule has 0 aliphatic rings. The van der Waals surface area contributed by atoms with Crippen LogP contribution in [0.4, 0.5) is 0 Å². The Bertz CT molecular complexity index is 569. The molecule has 1 amide bonds. The van der Waals surface area contributed by atoms with Crippen LogP contribution in [0.5, 0.6) is 5.75 Å². The summed E-state index contributed by atoms with van der Waals surface area (Å²) in [7, 11) is 0. The minimum Gasteiger partial charge on any atom is -0.488 e. The van der Waals surface area contributed by atoms with Gasteiger partial charge in [0.15, 0.2) is 5.76 Å². The number of hydrogen-bond acceptors (Lipinski definition) is 5. The Morgan fingerprint density at radius 3 is 2.95 bits per heavy atom. The minimum absolute atomic E-state index is 0.170. The van der Waals surface area contributed by atoms with Crippen LogP contribution in [0.1, 0.15) is 16.1 Å². The smallest absolute Gasteiger partial charge is 0.301 e. The maximum absolute atomic E-state index is 11.4. The number of nitrogens with two attached hydrogens (primary N) is 1. The average Bonchev–Trinajstić information content (AvgIpc) is 2.93. The molecule has 19 heavy (non-hydrogen) atoms. The molecule has 100 valence electrons. The van der Waals surface area contributed by atoms with Crippen molar-refractivity contribution >= 4 is 17.7 Å². The molecule has 0 aliphatic carbocycles. The van der Waals surface area contributed by atoms with E-state index in [1.54, 1.807) is 17.8 Å². The fourth-order valence-electron chi connectivity index (χ4n) is 1.61. The quantitative estimate of drug-likeness (QED) is 0.379. The highest BCUT2D eigenvalue weighted by Crippen LogP contribution is 2.27. The van der Waals surface area contributed by atoms with E-state index in [0.717, 1.165) is 10.6 Å². The van der Waals surface area contributed by atoms with Crippen molar-refractivity contribution in [2.75, 3.05) is 6.26 Å². The molecule has 0 fully saturated rings. The third kappa shape index (κ3) is 3.10. The zero-order valence-electron chi connectivity index (χ0n) is 10.4. The number of ether oxygens (including phenoxy) is 1. The van der Waals surface area contributed by atoms with Gasteiger partial charge in [-0.2, -0.15) is 0 Å². The monoisotopic (exact) mass is 278 g/mol. The molecule has 0 aliphatic heterocycles. The average molecular weight is 278 g/mol. The summed E-state index contributed by atoms with van der Waals surface area (Å²) in [6, 6.07) is 9.39. The summed E-state index contributed by atoms with van der Waals surface area (Å²) in [4.78, 5) is 12.5. The van der Waals surface area contributed by atoms with Gasteiger partial charge in [-0.3, -0.25) is 10.2 Å². The summed E-state index contributed by atoms with van der Waals surface area (Å²) in [5.74, 6) is 5.55. The van der Waals surface area contributed by atoms with Crippen molar-refractivity contribution < 1.29 is 13.9 Å². The third-order valence-electron chi connectivity index (χ3n) is 2.54. The lowest BCUT2D eigenvalue weighted by atomic mass is 10.2. The van der Waals surface area contributed by atoms with E-state index < -0.39 is 5.91 Å². The van der Waals surface area contributed by atoms with E-state index in [0.29, 0.717) is 5.56 Å². The number of benzene rings is 1. The van der Waals surface area contributed by atoms with Gasteiger partial charge in [-0.25, -0.2) is 5.84 Å². The van der Waals surface area contributed by atoms with Gasteiger partial charge in [0, 0.05) is 10.5 Å². The Morgan fingerprint density at radius 2 is 2.21 bits per heavy atom. The SMILES string of the molecule is CSc1ccccc1OCc1ccoc1C(=O)NN. The van der Waals surface area contributed by atoms with E-state index in [1.807, 2.05) is 35.9 Å². The molecule has 0 bridgehead atoms. The molecular formula is C13H14N2O3S. The van der Waals surface area contributed by atoms with Crippen molar-refractivity contribution in [3.8, 4) is 5.75 Å². The lowest BCUT2D eigenvalue weighted by molar-refractivity contribution is 0.0922. The van der Waals surface area contributed by atoms with Crippen LogP contribution in [0.2, 0.25) is 0 Å². The van der Waals surface area contributed by atoms with Crippen molar-refractivity contribution in [1.82, 2.24) is 5.43 Å². The van der Waals surface area contributed by atoms with E-state index in [9.17, 15) is 4.79 Å². The van der Waals surface area contributed by atoms with Gasteiger partial charge < -0.3 is 9.15 Å². The van der Waals surface area contributed by atoms with Crippen LogP contribution in [0.25, 0.3) is 0 Å². The highest BCUT2D eigenvalue weighted by atomic mass is 32.2. The standard InChI is InChI=1S/C13H14N2O3S/c1-19-11-5-3-2-4-10(11)18-8-9-6-7-17-12(9)13(16)15-14/h2-7H,8,14H2,1H3,(H,15,16). The van der Waals surface area contributed by atoms with E-state index in [1.165, 1.54) is 6.26 Å². The number of amides is 1. The second-order valence-corrected chi connectivity index (χ2v) is 4.54. The second kappa shape index (κ2) is 6.31. The molecule has 6 heteroatoms. The molecule has 2 rings (SSSR count). The Kier molecular flexibility index (Phi) is 4.48. The van der Waals surface area contributed by atoms with Crippen LogP contribution >= 0.6 is 11.8 Å². The molecule has 3 N–H and O–H groups in total. The van der Waals surface area contributed by atoms with Crippen LogP contribution in [0, 0.1) is 0 Å². The number of para-hydroxylation sites is 1. The van der Waals surface area contributed by atoms with E-state index >= 15 is 0 Å². The maximum atomic E-state index is 11.4. The van der Waals surface area contributed by atoms with Gasteiger partial charge in [0.2, 0.25) is 0 Å². The van der Waals surface area contributed by atoms with Crippen molar-refractivity contribution in [1.29, 1.82) is 0 Å². The summed E-state index contributed by atoms with van der Waals surface area (Å²) in [6.45, 7) is 0.247. The van der Waals surface area contributed by atoms with E-state index in [2.05, 4.69) is 0 Å². The predicted molar refractivity (Wildman–Crippen MR) is 72.9 cm³/mol. The highest BCUT2D eigenvalue weighted by molar-refractivity contribution is 7.98. The van der Waals surface area contributed by atoms with Gasteiger partial charge in [-0.1, -0.05) is 12.1 Å². The normalized spacial score (nSPS) is 10.2. The molecule has 0 atom stereocenters. The fraction of sp³-hybridized carbons (Fsp3) is 0.154. The Hall–Kier alpha value is -1.92. The van der Waals surface area contributed by atoms with Crippen LogP contribution in [0.3, 0.4) is 0 Å². The first-order valence-electron chi connectivity index (χ1n) is 5.59. The molecule has 1 heterocycles. The fourth-order valence-corrected chi connectivity index (χ4v) is 2.15. The number of furan rings is 1. The second-order valence-electron chi connectivity index (χ2n) is 3.69. The topological polar surface area (TPSA) is 77.5 Å². The Labute approximate surface area is 115 Å². The highest BCUT2D eigenvalue weighted by Gasteiger charge is 2.15. The number of hydrazine groups is 1. The largest absolute Gasteiger partial charge is 0.488 e. The number of carbonyl (C=O) groups is 1. The molecule has 0 saturated carbocycles. The lowest BCUT2D eigenvalue weighted by Crippen LogP contribution is -2.30. The molecule has 0 unspecified atom stereocenters. The number of hydrogen-bond donors (Lipinski definition) is 2. The Balaban J connectivity index is 2.11. The zero-order valence-corrected chi connectivity index (χ0v) is 11.2. The summed E-state index contributed by atoms with van der Waals surface area (Å²) in [5.41, 5.74) is 2.69. The zero-order chi connectivity index (χ0) is 13.7. The van der Waals surface area contributed by atoms with Crippen molar-refractivity contribution in [2.24, 2.45) is 5.84 Å². The lowest BCUT2D eigenvalue weighted by Gasteiger charge is -2.09. The van der Waals surface area contributed by atoms with Gasteiger partial charge in [0.05, 0.1) is 6.26 Å². The van der Waals surface area contributed by atoms with Crippen molar-refractivity contribution in [2.45, 2.75) is 11.5 Å². The summed E-state index contributed by atoms with van der Waals surface area (Å²) < 4.78 is 10.8. The van der Waals surface area contributed by atoms with Crippen molar-refractivity contribution in [3.63, 3.8) is 0 Å². The first kappa shape index (κ1) is 13.5. The molecule has 0 radical (unpaired) electrons. The van der Waals surface area contributed by atoms with Crippen LogP contribution in [0.15, 0.2) is 45.9 Å². The number of carbonyl (C=O) groups excluding carboxylic acids is 1. The van der Waals surface area contributed by atoms with Gasteiger partial charge in [-0.15, -0.1) is 11.8 Å². The number of rotatable bonds is 5. The molecule has 5 nitrogen and oxygen atoms in total. The molecular weight excluding hydrogens is 264 g/mol. The number of thioether (sulfide) groups is 1. The molecule has 1 aromatic carbocycles. The predicted octanol–water partition coefficient (Wildman–Crippen LogP) is 2.18. The third-order valence-corrected chi connectivity index (χ3v) is 3.31. The minimum atomic E-state index is -0.471. The van der Waals surface area contributed by atoms with E-state index in [-0.39, 0.29) is 12.4 Å². The van der Waals surface area contributed by atoms with Crippen LogP contribution < -0.4 is 16.0 Å². The van der Waals surface area contributed by atoms with E-state index in [4.69, 9.17) is 15.0 Å². The number of nitrogens with one attached hydrogen (secondary N) is 1. The maximum Gasteiger partial charge on any atom is 0.301 e. The van der Waals surface area contributed by atoms with Gasteiger partial charge in [0.25, 0.3) is 0 Å². The summed E-state index contributed by atoms with van der Waals surface area (Å²) >= 11 is 1.60. The van der Waals surface area contributed by atoms with Gasteiger partial charge in [0.1, 0.15) is 12.4 Å². The summed E-state index contributed by atoms with van der Waals surface area (Å²) in [5, 5.41) is 0. The molecule has 0 saturated heterocycles. The Morgan fingerprint density at radius 1 is 1.42 bits per heavy atom. The van der Waals surface area contributed by atoms with Gasteiger partial charge >= 0.3 is 5.91 Å². The molecule has 2 aromatic rings.